The molecule has 0 atom stereocenters. The quantitative estimate of drug-likeness (QED) is 0.267. The van der Waals surface area contributed by atoms with Gasteiger partial charge < -0.3 is 10.2 Å². The lowest BCUT2D eigenvalue weighted by Crippen LogP contribution is -2.15. The van der Waals surface area contributed by atoms with E-state index in [9.17, 15) is 23.0 Å². The molecule has 0 saturated carbocycles. The van der Waals surface area contributed by atoms with Gasteiger partial charge in [0.25, 0.3) is 0 Å². The van der Waals surface area contributed by atoms with Crippen molar-refractivity contribution < 1.29 is 23.0 Å². The highest BCUT2D eigenvalue weighted by Crippen LogP contribution is 2.46. The lowest BCUT2D eigenvalue weighted by molar-refractivity contribution is 0.472. The average molecular weight is 474 g/mol. The zero-order valence-electron chi connectivity index (χ0n) is 17.9. The number of benzene rings is 5. The van der Waals surface area contributed by atoms with Crippen LogP contribution in [0.3, 0.4) is 0 Å². The maximum atomic E-state index is 13.2. The van der Waals surface area contributed by atoms with Crippen molar-refractivity contribution in [2.24, 2.45) is 0 Å². The van der Waals surface area contributed by atoms with Crippen LogP contribution >= 0.6 is 0 Å². The van der Waals surface area contributed by atoms with Crippen molar-refractivity contribution in [1.82, 2.24) is 0 Å². The molecule has 7 heteroatoms. The van der Waals surface area contributed by atoms with E-state index in [0.29, 0.717) is 32.8 Å². The van der Waals surface area contributed by atoms with Gasteiger partial charge in [-0.15, -0.1) is 0 Å². The van der Waals surface area contributed by atoms with Crippen molar-refractivity contribution in [3.63, 3.8) is 0 Å². The third kappa shape index (κ3) is 4.02. The smallest absolute Gasteiger partial charge is 0.236 e. The first-order valence-electron chi connectivity index (χ1n) is 10.5. The van der Waals surface area contributed by atoms with Crippen molar-refractivity contribution in [1.29, 1.82) is 0 Å². The number of aromatic hydroxyl groups is 2. The number of fused-ring (bicyclic) bond motifs is 2. The number of phenols is 2. The monoisotopic (exact) mass is 473 g/mol. The Kier molecular flexibility index (Phi) is 5.34. The fourth-order valence-corrected chi connectivity index (χ4v) is 5.39. The van der Waals surface area contributed by atoms with Crippen molar-refractivity contribution >= 4 is 37.3 Å². The Labute approximate surface area is 195 Å². The second-order valence-corrected chi connectivity index (χ2v) is 9.76. The van der Waals surface area contributed by atoms with E-state index in [2.05, 4.69) is 4.72 Å². The second kappa shape index (κ2) is 8.35. The Morgan fingerprint density at radius 2 is 1.41 bits per heavy atom. The number of halogens is 1. The molecule has 34 heavy (non-hydrogen) atoms. The zero-order valence-corrected chi connectivity index (χ0v) is 18.7. The molecule has 0 amide bonds. The van der Waals surface area contributed by atoms with Crippen LogP contribution in [0.2, 0.25) is 0 Å². The molecule has 0 saturated heterocycles. The summed E-state index contributed by atoms with van der Waals surface area (Å²) in [6, 6.07) is 24.4. The number of rotatable bonds is 5. The third-order valence-electron chi connectivity index (χ3n) is 5.73. The van der Waals surface area contributed by atoms with Gasteiger partial charge in [-0.1, -0.05) is 66.7 Å². The Bertz CT molecular complexity index is 1650. The summed E-state index contributed by atoms with van der Waals surface area (Å²) in [5.74, 6) is -0.900. The average Bonchev–Trinajstić information content (AvgIpc) is 2.82. The summed E-state index contributed by atoms with van der Waals surface area (Å²) in [4.78, 5) is 0. The molecule has 0 unspecified atom stereocenters. The number of sulfonamides is 1. The van der Waals surface area contributed by atoms with Crippen molar-refractivity contribution in [2.75, 3.05) is 4.72 Å². The molecule has 5 aromatic carbocycles. The molecule has 0 fully saturated rings. The largest absolute Gasteiger partial charge is 0.507 e. The predicted molar refractivity (Wildman–Crippen MR) is 133 cm³/mol. The highest BCUT2D eigenvalue weighted by molar-refractivity contribution is 7.91. The fourth-order valence-electron chi connectivity index (χ4n) is 4.18. The summed E-state index contributed by atoms with van der Waals surface area (Å²) < 4.78 is 41.8. The molecule has 0 radical (unpaired) electrons. The van der Waals surface area contributed by atoms with Gasteiger partial charge in [-0.3, -0.25) is 4.72 Å². The molecule has 3 N–H and O–H groups in total. The summed E-state index contributed by atoms with van der Waals surface area (Å²) in [6.07, 6.45) is 0. The number of hydrogen-bond donors (Lipinski definition) is 3. The van der Waals surface area contributed by atoms with Gasteiger partial charge in [-0.2, -0.15) is 0 Å². The van der Waals surface area contributed by atoms with Crippen molar-refractivity contribution in [2.45, 2.75) is 5.75 Å². The first-order chi connectivity index (χ1) is 16.3. The standard InChI is InChI=1S/C27H20FNO4S/c28-19-12-9-17(10-13-19)16-34(32,33)29-24-15-23(27(31)22-8-4-3-7-21(22)24)26-20-6-2-1-5-18(20)11-14-25(26)30/h1-15,29-31H,16H2. The van der Waals surface area contributed by atoms with Crippen LogP contribution in [0.5, 0.6) is 11.5 Å². The van der Waals surface area contributed by atoms with Crippen molar-refractivity contribution in [3.05, 3.63) is 102 Å². The van der Waals surface area contributed by atoms with Crippen LogP contribution in [0.4, 0.5) is 10.1 Å². The molecule has 0 spiro atoms. The Morgan fingerprint density at radius 3 is 2.15 bits per heavy atom. The normalized spacial score (nSPS) is 11.7. The summed E-state index contributed by atoms with van der Waals surface area (Å²) in [6.45, 7) is 0. The van der Waals surface area contributed by atoms with E-state index in [1.54, 1.807) is 36.4 Å². The summed E-state index contributed by atoms with van der Waals surface area (Å²) in [7, 11) is -3.87. The lowest BCUT2D eigenvalue weighted by Gasteiger charge is -2.17. The molecule has 0 heterocycles. The molecule has 0 bridgehead atoms. The van der Waals surface area contributed by atoms with Crippen LogP contribution in [-0.2, 0) is 15.8 Å². The number of phenolic OH excluding ortho intramolecular Hbond substituents is 2. The minimum absolute atomic E-state index is 0.0376. The lowest BCUT2D eigenvalue weighted by atomic mass is 9.93. The van der Waals surface area contributed by atoms with Gasteiger partial charge >= 0.3 is 0 Å². The Hall–Kier alpha value is -4.10. The summed E-state index contributed by atoms with van der Waals surface area (Å²) >= 11 is 0. The van der Waals surface area contributed by atoms with Crippen LogP contribution in [0, 0.1) is 5.82 Å². The number of hydrogen-bond acceptors (Lipinski definition) is 4. The van der Waals surface area contributed by atoms with Crippen LogP contribution in [0.25, 0.3) is 32.7 Å². The van der Waals surface area contributed by atoms with Gasteiger partial charge in [-0.25, -0.2) is 12.8 Å². The highest BCUT2D eigenvalue weighted by atomic mass is 32.2. The van der Waals surface area contributed by atoms with Crippen molar-refractivity contribution in [3.8, 4) is 22.6 Å². The first-order valence-corrected chi connectivity index (χ1v) is 12.2. The van der Waals surface area contributed by atoms with Gasteiger partial charge in [-0.05, 0) is 40.6 Å². The van der Waals surface area contributed by atoms with E-state index >= 15 is 0 Å². The maximum absolute atomic E-state index is 13.2. The number of anilines is 1. The van der Waals surface area contributed by atoms with E-state index in [0.717, 1.165) is 5.39 Å². The predicted octanol–water partition coefficient (Wildman–Crippen LogP) is 6.15. The Morgan fingerprint density at radius 1 is 0.765 bits per heavy atom. The van der Waals surface area contributed by atoms with Gasteiger partial charge in [0, 0.05) is 21.9 Å². The minimum atomic E-state index is -3.87. The molecule has 170 valence electrons. The molecule has 5 aromatic rings. The zero-order chi connectivity index (χ0) is 23.9. The maximum Gasteiger partial charge on any atom is 0.236 e. The van der Waals surface area contributed by atoms with Crippen LogP contribution in [0.15, 0.2) is 91.0 Å². The van der Waals surface area contributed by atoms with Gasteiger partial charge in [0.1, 0.15) is 17.3 Å². The van der Waals surface area contributed by atoms with E-state index in [1.165, 1.54) is 30.3 Å². The van der Waals surface area contributed by atoms with E-state index in [-0.39, 0.29) is 22.9 Å². The topological polar surface area (TPSA) is 86.6 Å². The molecule has 0 aliphatic heterocycles. The van der Waals surface area contributed by atoms with Crippen LogP contribution in [-0.4, -0.2) is 18.6 Å². The molecule has 0 aliphatic carbocycles. The van der Waals surface area contributed by atoms with Crippen LogP contribution in [0.1, 0.15) is 5.56 Å². The fraction of sp³-hybridized carbons (Fsp3) is 0.0370. The second-order valence-electron chi connectivity index (χ2n) is 8.03. The van der Waals surface area contributed by atoms with Crippen LogP contribution < -0.4 is 4.72 Å². The van der Waals surface area contributed by atoms with Gasteiger partial charge in [0.15, 0.2) is 0 Å². The van der Waals surface area contributed by atoms with Gasteiger partial charge in [0.2, 0.25) is 10.0 Å². The molecule has 0 aliphatic rings. The van der Waals surface area contributed by atoms with Gasteiger partial charge in [0.05, 0.1) is 11.4 Å². The molecule has 5 rings (SSSR count). The molecule has 5 nitrogen and oxygen atoms in total. The molecule has 0 aromatic heterocycles. The summed E-state index contributed by atoms with van der Waals surface area (Å²) in [5.41, 5.74) is 1.40. The molecular weight excluding hydrogens is 453 g/mol. The first kappa shape index (κ1) is 21.7. The number of nitrogens with one attached hydrogen (secondary N) is 1. The SMILES string of the molecule is O=S(=O)(Cc1ccc(F)cc1)Nc1cc(-c2c(O)ccc3ccccc23)c(O)c2ccccc12. The Balaban J connectivity index is 1.68. The minimum Gasteiger partial charge on any atom is -0.507 e. The summed E-state index contributed by atoms with van der Waals surface area (Å²) in [5, 5.41) is 24.4. The molecular formula is C27H20FNO4S. The van der Waals surface area contributed by atoms with E-state index in [1.807, 2.05) is 24.3 Å². The highest BCUT2D eigenvalue weighted by Gasteiger charge is 2.20. The van der Waals surface area contributed by atoms with E-state index in [4.69, 9.17) is 0 Å². The third-order valence-corrected chi connectivity index (χ3v) is 6.97. The van der Waals surface area contributed by atoms with E-state index < -0.39 is 15.8 Å².